The van der Waals surface area contributed by atoms with Crippen LogP contribution in [-0.2, 0) is 0 Å². The fraction of sp³-hybridized carbons (Fsp3) is 0.364. The molecule has 0 N–H and O–H groups in total. The van der Waals surface area contributed by atoms with E-state index < -0.39 is 16.1 Å². The zero-order valence-corrected chi connectivity index (χ0v) is 20.6. The summed E-state index contributed by atoms with van der Waals surface area (Å²) in [7, 11) is -1.63. The highest BCUT2D eigenvalue weighted by Gasteiger charge is 2.40. The standard InChI is InChI=1S/C22H30ClNO2Si2/c1-24(20(25)16-11-10-12-17(23)15-16)21(26)18-13-8-9-14-19(18)22(27(2,3)4)28(5,6)7/h8-15,22H,1-7H3. The maximum atomic E-state index is 13.3. The molecule has 0 heterocycles. The third-order valence-corrected chi connectivity index (χ3v) is 14.4. The second-order valence-electron chi connectivity index (χ2n) is 9.43. The van der Waals surface area contributed by atoms with E-state index in [1.807, 2.05) is 18.2 Å². The Morgan fingerprint density at radius 3 is 1.96 bits per heavy atom. The van der Waals surface area contributed by atoms with Crippen LogP contribution in [0.5, 0.6) is 0 Å². The lowest BCUT2D eigenvalue weighted by Crippen LogP contribution is -2.47. The molecule has 150 valence electrons. The largest absolute Gasteiger partial charge is 0.278 e. The Morgan fingerprint density at radius 2 is 1.43 bits per heavy atom. The van der Waals surface area contributed by atoms with E-state index in [1.165, 1.54) is 4.90 Å². The molecule has 0 aromatic heterocycles. The normalized spacial score (nSPS) is 12.2. The van der Waals surface area contributed by atoms with Crippen LogP contribution >= 0.6 is 11.6 Å². The van der Waals surface area contributed by atoms with Gasteiger partial charge in [-0.15, -0.1) is 0 Å². The van der Waals surface area contributed by atoms with Crippen molar-refractivity contribution in [3.05, 3.63) is 70.2 Å². The molecule has 2 amide bonds. The van der Waals surface area contributed by atoms with Crippen molar-refractivity contribution in [3.8, 4) is 0 Å². The molecular formula is C22H30ClNO2Si2. The highest BCUT2D eigenvalue weighted by Crippen LogP contribution is 2.37. The Bertz CT molecular complexity index is 871. The summed E-state index contributed by atoms with van der Waals surface area (Å²) in [5.41, 5.74) is 2.14. The average Bonchev–Trinajstić information content (AvgIpc) is 2.58. The Kier molecular flexibility index (Phi) is 6.74. The van der Waals surface area contributed by atoms with Crippen molar-refractivity contribution in [2.24, 2.45) is 0 Å². The number of carbonyl (C=O) groups excluding carboxylic acids is 2. The van der Waals surface area contributed by atoms with E-state index in [1.54, 1.807) is 31.3 Å². The number of nitrogens with zero attached hydrogens (tertiary/aromatic N) is 1. The van der Waals surface area contributed by atoms with E-state index in [0.29, 0.717) is 21.3 Å². The third-order valence-electron chi connectivity index (χ3n) is 4.92. The maximum absolute atomic E-state index is 13.3. The highest BCUT2D eigenvalue weighted by atomic mass is 35.5. The molecule has 0 fully saturated rings. The summed E-state index contributed by atoms with van der Waals surface area (Å²) < 4.78 is 0. The first-order valence-corrected chi connectivity index (χ1v) is 17.0. The quantitative estimate of drug-likeness (QED) is 0.424. The van der Waals surface area contributed by atoms with Gasteiger partial charge in [0.15, 0.2) is 0 Å². The number of amides is 2. The van der Waals surface area contributed by atoms with Gasteiger partial charge in [-0.25, -0.2) is 0 Å². The van der Waals surface area contributed by atoms with Crippen molar-refractivity contribution in [3.63, 3.8) is 0 Å². The number of halogens is 1. The molecule has 2 aromatic carbocycles. The Morgan fingerprint density at radius 1 is 0.857 bits per heavy atom. The van der Waals surface area contributed by atoms with E-state index >= 15 is 0 Å². The molecule has 0 saturated carbocycles. The highest BCUT2D eigenvalue weighted by molar-refractivity contribution is 6.96. The zero-order valence-electron chi connectivity index (χ0n) is 17.8. The Labute approximate surface area is 175 Å². The molecule has 2 rings (SSSR count). The minimum absolute atomic E-state index is 0.262. The van der Waals surface area contributed by atoms with Crippen molar-refractivity contribution in [1.82, 2.24) is 4.90 Å². The van der Waals surface area contributed by atoms with E-state index in [-0.39, 0.29) is 11.8 Å². The summed E-state index contributed by atoms with van der Waals surface area (Å²) in [5.74, 6) is -0.609. The SMILES string of the molecule is CN(C(=O)c1cccc(Cl)c1)C(=O)c1ccccc1C([Si](C)(C)C)[Si](C)(C)C. The van der Waals surface area contributed by atoms with Gasteiger partial charge in [0, 0.05) is 39.3 Å². The minimum Gasteiger partial charge on any atom is -0.278 e. The molecule has 2 aromatic rings. The van der Waals surface area contributed by atoms with Gasteiger partial charge in [0.1, 0.15) is 0 Å². The first-order valence-electron chi connectivity index (χ1n) is 9.51. The van der Waals surface area contributed by atoms with Gasteiger partial charge in [-0.3, -0.25) is 14.5 Å². The molecule has 0 aliphatic rings. The van der Waals surface area contributed by atoms with Crippen LogP contribution in [0.15, 0.2) is 48.5 Å². The van der Waals surface area contributed by atoms with E-state index in [4.69, 9.17) is 11.6 Å². The van der Waals surface area contributed by atoms with Gasteiger partial charge in [-0.1, -0.05) is 75.1 Å². The average molecular weight is 432 g/mol. The van der Waals surface area contributed by atoms with Crippen LogP contribution in [0, 0.1) is 0 Å². The van der Waals surface area contributed by atoms with Crippen molar-refractivity contribution in [2.75, 3.05) is 7.05 Å². The van der Waals surface area contributed by atoms with Gasteiger partial charge in [-0.2, -0.15) is 0 Å². The second-order valence-corrected chi connectivity index (χ2v) is 21.1. The van der Waals surface area contributed by atoms with Crippen LogP contribution in [0.4, 0.5) is 0 Å². The fourth-order valence-corrected chi connectivity index (χ4v) is 17.2. The molecular weight excluding hydrogens is 402 g/mol. The summed E-state index contributed by atoms with van der Waals surface area (Å²) >= 11 is 6.01. The smallest absolute Gasteiger partial charge is 0.260 e. The Hall–Kier alpha value is -1.70. The van der Waals surface area contributed by atoms with Crippen LogP contribution in [0.1, 0.15) is 31.4 Å². The maximum Gasteiger partial charge on any atom is 0.260 e. The van der Waals surface area contributed by atoms with Gasteiger partial charge < -0.3 is 0 Å². The molecule has 0 bridgehead atoms. The molecule has 0 unspecified atom stereocenters. The number of hydrogen-bond acceptors (Lipinski definition) is 2. The van der Waals surface area contributed by atoms with E-state index in [0.717, 1.165) is 5.56 Å². The van der Waals surface area contributed by atoms with Crippen LogP contribution in [-0.4, -0.2) is 39.9 Å². The first-order chi connectivity index (χ1) is 12.8. The van der Waals surface area contributed by atoms with Crippen molar-refractivity contribution < 1.29 is 9.59 Å². The van der Waals surface area contributed by atoms with E-state index in [9.17, 15) is 9.59 Å². The van der Waals surface area contributed by atoms with Crippen molar-refractivity contribution >= 4 is 39.6 Å². The molecule has 0 aliphatic carbocycles. The fourth-order valence-electron chi connectivity index (χ4n) is 4.26. The van der Waals surface area contributed by atoms with Gasteiger partial charge in [0.05, 0.1) is 0 Å². The van der Waals surface area contributed by atoms with Crippen molar-refractivity contribution in [1.29, 1.82) is 0 Å². The lowest BCUT2D eigenvalue weighted by molar-refractivity contribution is 0.0655. The number of rotatable bonds is 5. The summed E-state index contributed by atoms with van der Waals surface area (Å²) in [5, 5.41) is 0.888. The summed E-state index contributed by atoms with van der Waals surface area (Å²) in [6.45, 7) is 14.2. The van der Waals surface area contributed by atoms with Crippen LogP contribution in [0.2, 0.25) is 44.3 Å². The van der Waals surface area contributed by atoms with Crippen LogP contribution < -0.4 is 0 Å². The summed E-state index contributed by atoms with van der Waals surface area (Å²) in [6, 6.07) is 14.5. The molecule has 0 spiro atoms. The predicted octanol–water partition coefficient (Wildman–Crippen LogP) is 6.09. The molecule has 6 heteroatoms. The summed E-state index contributed by atoms with van der Waals surface area (Å²) in [4.78, 5) is 27.4. The second kappa shape index (κ2) is 8.35. The van der Waals surface area contributed by atoms with Gasteiger partial charge in [0.2, 0.25) is 0 Å². The molecule has 0 atom stereocenters. The number of imide groups is 1. The molecule has 0 radical (unpaired) electrons. The predicted molar refractivity (Wildman–Crippen MR) is 124 cm³/mol. The van der Waals surface area contributed by atoms with Gasteiger partial charge >= 0.3 is 0 Å². The summed E-state index contributed by atoms with van der Waals surface area (Å²) in [6.07, 6.45) is 0. The van der Waals surface area contributed by atoms with Gasteiger partial charge in [-0.05, 0) is 35.0 Å². The number of hydrogen-bond donors (Lipinski definition) is 0. The van der Waals surface area contributed by atoms with E-state index in [2.05, 4.69) is 45.3 Å². The molecule has 0 saturated heterocycles. The Balaban J connectivity index is 2.48. The lowest BCUT2D eigenvalue weighted by atomic mass is 10.1. The van der Waals surface area contributed by atoms with Gasteiger partial charge in [0.25, 0.3) is 11.8 Å². The minimum atomic E-state index is -1.58. The number of benzene rings is 2. The molecule has 3 nitrogen and oxygen atoms in total. The van der Waals surface area contributed by atoms with Crippen LogP contribution in [0.3, 0.4) is 0 Å². The molecule has 0 aliphatic heterocycles. The molecule has 28 heavy (non-hydrogen) atoms. The van der Waals surface area contributed by atoms with Crippen LogP contribution in [0.25, 0.3) is 0 Å². The zero-order chi connectivity index (χ0) is 21.3. The topological polar surface area (TPSA) is 37.4 Å². The number of carbonyl (C=O) groups is 2. The monoisotopic (exact) mass is 431 g/mol. The lowest BCUT2D eigenvalue weighted by Gasteiger charge is -2.40. The third kappa shape index (κ3) is 5.01. The van der Waals surface area contributed by atoms with Crippen molar-refractivity contribution in [2.45, 2.75) is 44.4 Å². The first kappa shape index (κ1) is 22.6.